The Hall–Kier alpha value is -2.51. The monoisotopic (exact) mass is 312 g/mol. The van der Waals surface area contributed by atoms with Crippen molar-refractivity contribution in [3.8, 4) is 11.1 Å². The molecule has 4 aromatic rings. The second-order valence-electron chi connectivity index (χ2n) is 5.02. The Bertz CT molecular complexity index is 1030. The predicted octanol–water partition coefficient (Wildman–Crippen LogP) is 2.57. The van der Waals surface area contributed by atoms with E-state index in [-0.39, 0.29) is 0 Å². The van der Waals surface area contributed by atoms with Gasteiger partial charge in [-0.25, -0.2) is 13.2 Å². The van der Waals surface area contributed by atoms with Gasteiger partial charge in [0.1, 0.15) is 5.65 Å². The number of aryl methyl sites for hydroxylation is 1. The summed E-state index contributed by atoms with van der Waals surface area (Å²) in [5, 5.41) is 1.89. The van der Waals surface area contributed by atoms with Crippen molar-refractivity contribution in [1.29, 1.82) is 0 Å². The Kier molecular flexibility index (Phi) is 2.85. The molecule has 0 fully saturated rings. The van der Waals surface area contributed by atoms with E-state index >= 15 is 0 Å². The molecule has 6 nitrogen and oxygen atoms in total. The first-order chi connectivity index (χ1) is 10.7. The summed E-state index contributed by atoms with van der Waals surface area (Å²) in [4.78, 5) is 8.43. The van der Waals surface area contributed by atoms with Crippen LogP contribution >= 0.6 is 0 Å². The second-order valence-corrected chi connectivity index (χ2v) is 5.88. The first kappa shape index (κ1) is 13.2. The molecule has 0 bridgehead atoms. The van der Waals surface area contributed by atoms with Crippen molar-refractivity contribution in [3.63, 3.8) is 0 Å². The molecule has 7 heteroatoms. The Balaban J connectivity index is 2.11. The summed E-state index contributed by atoms with van der Waals surface area (Å²) >= 11 is -2.13. The fraction of sp³-hybridized carbons (Fsp3) is 0.0667. The van der Waals surface area contributed by atoms with E-state index in [1.165, 1.54) is 3.97 Å². The van der Waals surface area contributed by atoms with Crippen molar-refractivity contribution < 1.29 is 8.76 Å². The lowest BCUT2D eigenvalue weighted by Gasteiger charge is -1.96. The van der Waals surface area contributed by atoms with Crippen LogP contribution in [0.4, 0.5) is 0 Å². The SMILES string of the molecule is Cn1cc(-c2cn(S(=O)O)c3cnccc23)c2cccnc21. The maximum absolute atomic E-state index is 11.6. The number of hydrogen-bond acceptors (Lipinski definition) is 3. The summed E-state index contributed by atoms with van der Waals surface area (Å²) in [5.41, 5.74) is 3.36. The summed E-state index contributed by atoms with van der Waals surface area (Å²) in [6.45, 7) is 0. The normalized spacial score (nSPS) is 13.0. The van der Waals surface area contributed by atoms with E-state index in [0.29, 0.717) is 5.52 Å². The molecule has 1 atom stereocenters. The van der Waals surface area contributed by atoms with Crippen molar-refractivity contribution in [2.75, 3.05) is 0 Å². The van der Waals surface area contributed by atoms with Crippen molar-refractivity contribution >= 4 is 33.2 Å². The molecule has 22 heavy (non-hydrogen) atoms. The number of nitrogens with zero attached hydrogens (tertiary/aromatic N) is 4. The molecule has 0 aromatic carbocycles. The Morgan fingerprint density at radius 2 is 1.95 bits per heavy atom. The Morgan fingerprint density at radius 1 is 1.14 bits per heavy atom. The lowest BCUT2D eigenvalue weighted by atomic mass is 10.1. The van der Waals surface area contributed by atoms with Gasteiger partial charge in [-0.2, -0.15) is 0 Å². The minimum absolute atomic E-state index is 0.624. The van der Waals surface area contributed by atoms with Crippen LogP contribution in [0.25, 0.3) is 33.1 Å². The van der Waals surface area contributed by atoms with E-state index in [1.54, 1.807) is 24.8 Å². The molecule has 1 unspecified atom stereocenters. The van der Waals surface area contributed by atoms with Gasteiger partial charge < -0.3 is 4.57 Å². The van der Waals surface area contributed by atoms with Crippen molar-refractivity contribution in [3.05, 3.63) is 49.2 Å². The van der Waals surface area contributed by atoms with Crippen LogP contribution in [-0.2, 0) is 18.3 Å². The first-order valence-electron chi connectivity index (χ1n) is 6.63. The Morgan fingerprint density at radius 3 is 2.77 bits per heavy atom. The topological polar surface area (TPSA) is 72.9 Å². The van der Waals surface area contributed by atoms with E-state index in [0.717, 1.165) is 27.5 Å². The van der Waals surface area contributed by atoms with Gasteiger partial charge in [0.2, 0.25) is 0 Å². The molecular weight excluding hydrogens is 300 g/mol. The standard InChI is InChI=1S/C15H12N4O2S/c1-18-8-12(11-3-2-5-17-15(11)18)13-9-19(22(20)21)14-7-16-6-4-10(13)14/h2-9H,1H3,(H,20,21). The van der Waals surface area contributed by atoms with Gasteiger partial charge in [-0.1, -0.05) is 0 Å². The van der Waals surface area contributed by atoms with E-state index in [9.17, 15) is 8.76 Å². The smallest absolute Gasteiger partial charge is 0.266 e. The van der Waals surface area contributed by atoms with E-state index in [4.69, 9.17) is 0 Å². The van der Waals surface area contributed by atoms with Gasteiger partial charge in [-0.15, -0.1) is 0 Å². The number of aromatic nitrogens is 4. The number of hydrogen-bond donors (Lipinski definition) is 1. The van der Waals surface area contributed by atoms with E-state index in [2.05, 4.69) is 9.97 Å². The molecule has 4 rings (SSSR count). The molecule has 4 heterocycles. The molecule has 0 saturated carbocycles. The third-order valence-corrected chi connectivity index (χ3v) is 4.40. The van der Waals surface area contributed by atoms with Crippen LogP contribution in [0.3, 0.4) is 0 Å². The zero-order chi connectivity index (χ0) is 15.3. The van der Waals surface area contributed by atoms with Crippen LogP contribution in [0.15, 0.2) is 49.2 Å². The summed E-state index contributed by atoms with van der Waals surface area (Å²) in [6.07, 6.45) is 8.69. The molecule has 0 amide bonds. The van der Waals surface area contributed by atoms with Crippen LogP contribution in [0.1, 0.15) is 0 Å². The third kappa shape index (κ3) is 1.79. The van der Waals surface area contributed by atoms with Crippen LogP contribution in [0.5, 0.6) is 0 Å². The maximum Gasteiger partial charge on any atom is 0.266 e. The highest BCUT2D eigenvalue weighted by Crippen LogP contribution is 2.35. The largest absolute Gasteiger partial charge is 0.335 e. The number of fused-ring (bicyclic) bond motifs is 2. The summed E-state index contributed by atoms with van der Waals surface area (Å²) < 4.78 is 24.3. The molecule has 0 spiro atoms. The molecule has 0 radical (unpaired) electrons. The highest BCUT2D eigenvalue weighted by atomic mass is 32.2. The molecule has 110 valence electrons. The van der Waals surface area contributed by atoms with Gasteiger partial charge in [-0.05, 0) is 18.2 Å². The third-order valence-electron chi connectivity index (χ3n) is 3.77. The molecule has 0 aliphatic rings. The quantitative estimate of drug-likeness (QED) is 0.577. The lowest BCUT2D eigenvalue weighted by Crippen LogP contribution is -1.99. The average Bonchev–Trinajstić information content (AvgIpc) is 3.06. The van der Waals surface area contributed by atoms with Gasteiger partial charge in [0, 0.05) is 53.7 Å². The van der Waals surface area contributed by atoms with Gasteiger partial charge >= 0.3 is 0 Å². The van der Waals surface area contributed by atoms with E-state index in [1.807, 2.05) is 36.0 Å². The van der Waals surface area contributed by atoms with Crippen molar-refractivity contribution in [2.45, 2.75) is 0 Å². The van der Waals surface area contributed by atoms with Gasteiger partial charge in [0.15, 0.2) is 0 Å². The highest BCUT2D eigenvalue weighted by molar-refractivity contribution is 7.77. The van der Waals surface area contributed by atoms with Gasteiger partial charge in [-0.3, -0.25) is 9.54 Å². The van der Waals surface area contributed by atoms with E-state index < -0.39 is 11.3 Å². The van der Waals surface area contributed by atoms with Crippen LogP contribution in [0, 0.1) is 0 Å². The molecule has 0 saturated heterocycles. The summed E-state index contributed by atoms with van der Waals surface area (Å²) in [6, 6.07) is 5.73. The Labute approximate surface area is 128 Å². The molecule has 4 aromatic heterocycles. The fourth-order valence-electron chi connectivity index (χ4n) is 2.82. The average molecular weight is 312 g/mol. The summed E-state index contributed by atoms with van der Waals surface area (Å²) in [7, 11) is 1.93. The number of pyridine rings is 2. The zero-order valence-electron chi connectivity index (χ0n) is 11.7. The minimum atomic E-state index is -2.13. The van der Waals surface area contributed by atoms with Crippen LogP contribution < -0.4 is 0 Å². The molecule has 0 aliphatic heterocycles. The van der Waals surface area contributed by atoms with Gasteiger partial charge in [0.05, 0.1) is 11.7 Å². The van der Waals surface area contributed by atoms with Crippen LogP contribution in [-0.4, -0.2) is 27.3 Å². The van der Waals surface area contributed by atoms with Crippen molar-refractivity contribution in [2.24, 2.45) is 7.05 Å². The number of rotatable bonds is 2. The van der Waals surface area contributed by atoms with Gasteiger partial charge in [0.25, 0.3) is 11.3 Å². The summed E-state index contributed by atoms with van der Waals surface area (Å²) in [5.74, 6) is 0. The first-order valence-corrected chi connectivity index (χ1v) is 7.70. The van der Waals surface area contributed by atoms with Crippen molar-refractivity contribution in [1.82, 2.24) is 18.5 Å². The zero-order valence-corrected chi connectivity index (χ0v) is 12.5. The predicted molar refractivity (Wildman–Crippen MR) is 85.6 cm³/mol. The fourth-order valence-corrected chi connectivity index (χ4v) is 3.33. The molecular formula is C15H12N4O2S. The minimum Gasteiger partial charge on any atom is -0.335 e. The maximum atomic E-state index is 11.6. The lowest BCUT2D eigenvalue weighted by molar-refractivity contribution is 0.556. The molecule has 1 N–H and O–H groups in total. The van der Waals surface area contributed by atoms with Crippen LogP contribution in [0.2, 0.25) is 0 Å². The second kappa shape index (κ2) is 4.75. The highest BCUT2D eigenvalue weighted by Gasteiger charge is 2.17. The molecule has 0 aliphatic carbocycles.